The summed E-state index contributed by atoms with van der Waals surface area (Å²) in [4.78, 5) is 25.8. The Kier molecular flexibility index (Phi) is 7.56. The molecule has 1 fully saturated rings. The fourth-order valence-corrected chi connectivity index (χ4v) is 3.96. The normalized spacial score (nSPS) is 16.3. The van der Waals surface area contributed by atoms with Crippen LogP contribution in [0, 0.1) is 11.3 Å². The van der Waals surface area contributed by atoms with Crippen molar-refractivity contribution in [3.8, 4) is 0 Å². The van der Waals surface area contributed by atoms with E-state index < -0.39 is 17.4 Å². The Balaban J connectivity index is 1.90. The Morgan fingerprint density at radius 1 is 1.32 bits per heavy atom. The maximum absolute atomic E-state index is 13.2. The van der Waals surface area contributed by atoms with Gasteiger partial charge in [-0.25, -0.2) is 0 Å². The number of halogens is 1. The summed E-state index contributed by atoms with van der Waals surface area (Å²) in [6.07, 6.45) is 1.90. The highest BCUT2D eigenvalue weighted by Crippen LogP contribution is 2.27. The van der Waals surface area contributed by atoms with Crippen LogP contribution in [0.1, 0.15) is 44.1 Å². The first-order chi connectivity index (χ1) is 14.7. The summed E-state index contributed by atoms with van der Waals surface area (Å²) in [5, 5.41) is 20.3. The Morgan fingerprint density at radius 2 is 2.03 bits per heavy atom. The number of hydrogen-bond acceptors (Lipinski definition) is 5. The molecule has 0 aliphatic carbocycles. The van der Waals surface area contributed by atoms with Crippen LogP contribution in [0.15, 0.2) is 18.2 Å². The lowest BCUT2D eigenvalue weighted by molar-refractivity contribution is -0.125. The van der Waals surface area contributed by atoms with Gasteiger partial charge in [0.1, 0.15) is 6.04 Å². The largest absolute Gasteiger partial charge is 0.395 e. The number of nitrogens with zero attached hydrogens (tertiary/aromatic N) is 2. The van der Waals surface area contributed by atoms with E-state index in [2.05, 4.69) is 15.7 Å². The van der Waals surface area contributed by atoms with Crippen molar-refractivity contribution in [1.82, 2.24) is 20.4 Å². The second-order valence-electron chi connectivity index (χ2n) is 9.04. The summed E-state index contributed by atoms with van der Waals surface area (Å²) in [6, 6.07) is 4.60. The molecule has 1 aromatic carbocycles. The van der Waals surface area contributed by atoms with Crippen LogP contribution in [0.2, 0.25) is 5.02 Å². The van der Waals surface area contributed by atoms with E-state index in [0.717, 1.165) is 31.6 Å². The molecule has 1 atom stereocenters. The van der Waals surface area contributed by atoms with Crippen LogP contribution in [0.25, 0.3) is 10.9 Å². The third kappa shape index (κ3) is 5.75. The van der Waals surface area contributed by atoms with Gasteiger partial charge >= 0.3 is 0 Å². The van der Waals surface area contributed by atoms with E-state index in [1.165, 1.54) is 0 Å². The summed E-state index contributed by atoms with van der Waals surface area (Å²) >= 11 is 6.21. The average molecular weight is 451 g/mol. The number of rotatable bonds is 7. The molecule has 1 saturated heterocycles. The van der Waals surface area contributed by atoms with Crippen LogP contribution in [-0.4, -0.2) is 59.1 Å². The Hall–Kier alpha value is -2.16. The Bertz CT molecular complexity index is 931. The lowest BCUT2D eigenvalue weighted by Gasteiger charge is -2.30. The standard InChI is InChI=1S/C22H31ClN4O4/c1-22(2,3)19(21(30)24-8-9-28)25-20(29)18-16-12-15(23)4-5-17(16)27(26-18)13-14-6-10-31-11-7-14/h4-5,12,14,19,28H,6-11,13H2,1-3H3,(H,24,30)(H,25,29)/t19-/m1/s1. The SMILES string of the molecule is CC(C)(C)[C@H](NC(=O)c1nn(CC2CCOCC2)c2ccc(Cl)cc12)C(=O)NCCO. The monoisotopic (exact) mass is 450 g/mol. The molecule has 8 nitrogen and oxygen atoms in total. The Morgan fingerprint density at radius 3 is 2.68 bits per heavy atom. The number of aromatic nitrogens is 2. The molecule has 1 aliphatic rings. The van der Waals surface area contributed by atoms with Crippen LogP contribution in [-0.2, 0) is 16.1 Å². The summed E-state index contributed by atoms with van der Waals surface area (Å²) in [5.41, 5.74) is 0.541. The third-order valence-electron chi connectivity index (χ3n) is 5.51. The van der Waals surface area contributed by atoms with Crippen LogP contribution in [0.3, 0.4) is 0 Å². The molecule has 170 valence electrons. The predicted molar refractivity (Wildman–Crippen MR) is 119 cm³/mol. The minimum absolute atomic E-state index is 0.125. The number of fused-ring (bicyclic) bond motifs is 1. The van der Waals surface area contributed by atoms with Crippen molar-refractivity contribution in [3.63, 3.8) is 0 Å². The molecule has 3 rings (SSSR count). The van der Waals surface area contributed by atoms with Crippen molar-refractivity contribution in [2.45, 2.75) is 46.2 Å². The van der Waals surface area contributed by atoms with Gasteiger partial charge in [-0.2, -0.15) is 5.10 Å². The fraction of sp³-hybridized carbons (Fsp3) is 0.591. The zero-order chi connectivity index (χ0) is 22.6. The molecule has 1 aliphatic heterocycles. The molecule has 3 N–H and O–H groups in total. The van der Waals surface area contributed by atoms with Crippen molar-refractivity contribution in [2.24, 2.45) is 11.3 Å². The topological polar surface area (TPSA) is 105 Å². The minimum atomic E-state index is -0.790. The zero-order valence-electron chi connectivity index (χ0n) is 18.3. The second kappa shape index (κ2) is 9.97. The van der Waals surface area contributed by atoms with E-state index in [4.69, 9.17) is 21.4 Å². The maximum atomic E-state index is 13.2. The van der Waals surface area contributed by atoms with E-state index in [1.54, 1.807) is 12.1 Å². The molecule has 2 heterocycles. The lowest BCUT2D eigenvalue weighted by atomic mass is 9.86. The number of aliphatic hydroxyl groups is 1. The van der Waals surface area contributed by atoms with Gasteiger partial charge in [0.2, 0.25) is 5.91 Å². The molecule has 0 unspecified atom stereocenters. The van der Waals surface area contributed by atoms with E-state index in [0.29, 0.717) is 22.9 Å². The molecule has 31 heavy (non-hydrogen) atoms. The van der Waals surface area contributed by atoms with E-state index in [1.807, 2.05) is 31.5 Å². The van der Waals surface area contributed by atoms with E-state index >= 15 is 0 Å². The molecule has 2 amide bonds. The van der Waals surface area contributed by atoms with Crippen molar-refractivity contribution < 1.29 is 19.4 Å². The van der Waals surface area contributed by atoms with Crippen LogP contribution >= 0.6 is 11.6 Å². The average Bonchev–Trinajstić information content (AvgIpc) is 3.07. The first-order valence-electron chi connectivity index (χ1n) is 10.6. The number of amides is 2. The molecule has 0 bridgehead atoms. The number of hydrogen-bond donors (Lipinski definition) is 3. The van der Waals surface area contributed by atoms with Gasteiger partial charge in [0.05, 0.1) is 12.1 Å². The highest BCUT2D eigenvalue weighted by atomic mass is 35.5. The van der Waals surface area contributed by atoms with Gasteiger partial charge in [0, 0.05) is 36.7 Å². The molecule has 9 heteroatoms. The number of carbonyl (C=O) groups is 2. The smallest absolute Gasteiger partial charge is 0.273 e. The van der Waals surface area contributed by atoms with E-state index in [-0.39, 0.29) is 24.8 Å². The lowest BCUT2D eigenvalue weighted by Crippen LogP contribution is -2.54. The number of carbonyl (C=O) groups excluding carboxylic acids is 2. The van der Waals surface area contributed by atoms with Gasteiger partial charge in [-0.15, -0.1) is 0 Å². The fourth-order valence-electron chi connectivity index (χ4n) is 3.79. The van der Waals surface area contributed by atoms with Gasteiger partial charge in [0.15, 0.2) is 5.69 Å². The second-order valence-corrected chi connectivity index (χ2v) is 9.47. The first kappa shape index (κ1) is 23.5. The summed E-state index contributed by atoms with van der Waals surface area (Å²) < 4.78 is 7.30. The van der Waals surface area contributed by atoms with E-state index in [9.17, 15) is 9.59 Å². The van der Waals surface area contributed by atoms with Crippen molar-refractivity contribution in [3.05, 3.63) is 28.9 Å². The summed E-state index contributed by atoms with van der Waals surface area (Å²) in [5.74, 6) is -0.356. The minimum Gasteiger partial charge on any atom is -0.395 e. The molecule has 0 radical (unpaired) electrons. The molecular formula is C22H31ClN4O4. The van der Waals surface area contributed by atoms with Crippen molar-refractivity contribution in [2.75, 3.05) is 26.4 Å². The maximum Gasteiger partial charge on any atom is 0.273 e. The zero-order valence-corrected chi connectivity index (χ0v) is 19.0. The highest BCUT2D eigenvalue weighted by Gasteiger charge is 2.34. The van der Waals surface area contributed by atoms with Crippen LogP contribution < -0.4 is 10.6 Å². The van der Waals surface area contributed by atoms with Crippen LogP contribution in [0.4, 0.5) is 0 Å². The number of nitrogens with one attached hydrogen (secondary N) is 2. The number of ether oxygens (including phenoxy) is 1. The van der Waals surface area contributed by atoms with Gasteiger partial charge in [-0.3, -0.25) is 14.3 Å². The number of benzene rings is 1. The predicted octanol–water partition coefficient (Wildman–Crippen LogP) is 2.37. The summed E-state index contributed by atoms with van der Waals surface area (Å²) in [7, 11) is 0. The quantitative estimate of drug-likeness (QED) is 0.600. The van der Waals surface area contributed by atoms with Gasteiger partial charge in [-0.05, 0) is 42.4 Å². The molecule has 2 aromatic rings. The Labute approximate surface area is 187 Å². The molecule has 0 saturated carbocycles. The number of aliphatic hydroxyl groups excluding tert-OH is 1. The molecular weight excluding hydrogens is 420 g/mol. The summed E-state index contributed by atoms with van der Waals surface area (Å²) in [6.45, 7) is 7.72. The van der Waals surface area contributed by atoms with Crippen molar-refractivity contribution in [1.29, 1.82) is 0 Å². The van der Waals surface area contributed by atoms with Gasteiger partial charge in [-0.1, -0.05) is 32.4 Å². The third-order valence-corrected chi connectivity index (χ3v) is 5.75. The van der Waals surface area contributed by atoms with Gasteiger partial charge < -0.3 is 20.5 Å². The molecule has 1 aromatic heterocycles. The molecule has 0 spiro atoms. The first-order valence-corrected chi connectivity index (χ1v) is 11.0. The van der Waals surface area contributed by atoms with Crippen LogP contribution in [0.5, 0.6) is 0 Å². The van der Waals surface area contributed by atoms with Gasteiger partial charge in [0.25, 0.3) is 5.91 Å². The van der Waals surface area contributed by atoms with Crippen molar-refractivity contribution >= 4 is 34.3 Å². The highest BCUT2D eigenvalue weighted by molar-refractivity contribution is 6.31.